The molecule has 2 heterocycles. The smallest absolute Gasteiger partial charge is 0.338 e. The van der Waals surface area contributed by atoms with Crippen LogP contribution in [0.3, 0.4) is 0 Å². The zero-order valence-electron chi connectivity index (χ0n) is 14.5. The minimum absolute atomic E-state index is 0.0243. The van der Waals surface area contributed by atoms with Gasteiger partial charge in [-0.1, -0.05) is 17.7 Å². The van der Waals surface area contributed by atoms with Gasteiger partial charge in [-0.3, -0.25) is 4.79 Å². The SMILES string of the molecule is O=C(Nc1cccnn1)c1cccc2[nH]c(-c3ccc(Cl)cc3C(F)(F)F)nc12. The van der Waals surface area contributed by atoms with Gasteiger partial charge in [0.15, 0.2) is 5.82 Å². The second kappa shape index (κ2) is 7.17. The molecule has 2 aromatic heterocycles. The van der Waals surface area contributed by atoms with E-state index in [4.69, 9.17) is 11.6 Å². The number of hydrogen-bond acceptors (Lipinski definition) is 4. The molecule has 6 nitrogen and oxygen atoms in total. The number of hydrogen-bond donors (Lipinski definition) is 2. The topological polar surface area (TPSA) is 83.6 Å². The Morgan fingerprint density at radius 1 is 1.10 bits per heavy atom. The van der Waals surface area contributed by atoms with E-state index in [-0.39, 0.29) is 33.3 Å². The summed E-state index contributed by atoms with van der Waals surface area (Å²) in [5, 5.41) is 9.99. The van der Waals surface area contributed by atoms with Gasteiger partial charge in [-0.25, -0.2) is 4.98 Å². The fourth-order valence-corrected chi connectivity index (χ4v) is 3.02. The monoisotopic (exact) mass is 417 g/mol. The number of nitrogens with zero attached hydrogens (tertiary/aromatic N) is 3. The molecule has 0 aliphatic rings. The minimum atomic E-state index is -4.62. The first-order chi connectivity index (χ1) is 13.8. The number of aromatic nitrogens is 4. The molecule has 0 bridgehead atoms. The van der Waals surface area contributed by atoms with Gasteiger partial charge in [-0.15, -0.1) is 5.10 Å². The molecule has 146 valence electrons. The number of aromatic amines is 1. The highest BCUT2D eigenvalue weighted by atomic mass is 35.5. The molecule has 2 N–H and O–H groups in total. The third-order valence-corrected chi connectivity index (χ3v) is 4.35. The summed E-state index contributed by atoms with van der Waals surface area (Å²) in [4.78, 5) is 19.7. The van der Waals surface area contributed by atoms with Crippen molar-refractivity contribution in [3.05, 3.63) is 70.9 Å². The average Bonchev–Trinajstić information content (AvgIpc) is 3.12. The maximum absolute atomic E-state index is 13.4. The molecule has 0 aliphatic carbocycles. The molecule has 4 rings (SSSR count). The summed E-state index contributed by atoms with van der Waals surface area (Å²) in [6.45, 7) is 0. The third-order valence-electron chi connectivity index (χ3n) is 4.11. The summed E-state index contributed by atoms with van der Waals surface area (Å²) in [5.41, 5.74) is -0.270. The Labute approximate surface area is 166 Å². The largest absolute Gasteiger partial charge is 0.417 e. The Kier molecular flexibility index (Phi) is 4.67. The number of rotatable bonds is 3. The summed E-state index contributed by atoms with van der Waals surface area (Å²) >= 11 is 5.74. The van der Waals surface area contributed by atoms with Crippen LogP contribution in [-0.2, 0) is 6.18 Å². The van der Waals surface area contributed by atoms with Gasteiger partial charge < -0.3 is 10.3 Å². The maximum atomic E-state index is 13.4. The van der Waals surface area contributed by atoms with Crippen LogP contribution in [0.1, 0.15) is 15.9 Å². The number of alkyl halides is 3. The van der Waals surface area contributed by atoms with E-state index in [9.17, 15) is 18.0 Å². The zero-order valence-corrected chi connectivity index (χ0v) is 15.2. The summed E-state index contributed by atoms with van der Waals surface area (Å²) in [6.07, 6.45) is -3.16. The van der Waals surface area contributed by atoms with Crippen LogP contribution in [0.25, 0.3) is 22.4 Å². The summed E-state index contributed by atoms with van der Waals surface area (Å²) in [5.74, 6) is -0.299. The number of para-hydroxylation sites is 1. The van der Waals surface area contributed by atoms with Crippen LogP contribution < -0.4 is 5.32 Å². The summed E-state index contributed by atoms with van der Waals surface area (Å²) in [6, 6.07) is 11.3. The highest BCUT2D eigenvalue weighted by molar-refractivity contribution is 6.30. The Morgan fingerprint density at radius 2 is 1.93 bits per heavy atom. The van der Waals surface area contributed by atoms with Crippen LogP contribution in [0.2, 0.25) is 5.02 Å². The van der Waals surface area contributed by atoms with Crippen molar-refractivity contribution in [2.75, 3.05) is 5.32 Å². The van der Waals surface area contributed by atoms with Gasteiger partial charge >= 0.3 is 6.18 Å². The van der Waals surface area contributed by atoms with E-state index >= 15 is 0 Å². The van der Waals surface area contributed by atoms with Crippen LogP contribution in [-0.4, -0.2) is 26.1 Å². The third kappa shape index (κ3) is 3.77. The molecule has 0 radical (unpaired) electrons. The molecule has 2 aromatic carbocycles. The van der Waals surface area contributed by atoms with Crippen molar-refractivity contribution < 1.29 is 18.0 Å². The van der Waals surface area contributed by atoms with Crippen LogP contribution in [0.5, 0.6) is 0 Å². The number of amides is 1. The standard InChI is InChI=1S/C19H11ClF3N5O/c20-10-6-7-11(13(9-10)19(21,22)23)17-25-14-4-1-3-12(16(14)27-17)18(29)26-15-5-2-8-24-28-15/h1-9H,(H,25,27)(H,26,28,29). The normalized spacial score (nSPS) is 11.6. The fraction of sp³-hybridized carbons (Fsp3) is 0.0526. The second-order valence-electron chi connectivity index (χ2n) is 6.04. The molecule has 0 saturated carbocycles. The quantitative estimate of drug-likeness (QED) is 0.494. The van der Waals surface area contributed by atoms with Gasteiger partial charge in [0.2, 0.25) is 0 Å². The van der Waals surface area contributed by atoms with E-state index in [2.05, 4.69) is 25.5 Å². The molecule has 0 atom stereocenters. The van der Waals surface area contributed by atoms with E-state index in [1.54, 1.807) is 24.3 Å². The Hall–Kier alpha value is -3.46. The molecule has 0 fully saturated rings. The zero-order chi connectivity index (χ0) is 20.6. The van der Waals surface area contributed by atoms with Gasteiger partial charge in [0.1, 0.15) is 11.3 Å². The molecule has 29 heavy (non-hydrogen) atoms. The lowest BCUT2D eigenvalue weighted by atomic mass is 10.1. The Morgan fingerprint density at radius 3 is 2.66 bits per heavy atom. The average molecular weight is 418 g/mol. The van der Waals surface area contributed by atoms with Crippen LogP contribution in [0.4, 0.5) is 19.0 Å². The van der Waals surface area contributed by atoms with Crippen LogP contribution in [0.15, 0.2) is 54.7 Å². The van der Waals surface area contributed by atoms with Gasteiger partial charge in [-0.05, 0) is 42.5 Å². The highest BCUT2D eigenvalue weighted by Crippen LogP contribution is 2.38. The van der Waals surface area contributed by atoms with Crippen molar-refractivity contribution in [1.29, 1.82) is 0 Å². The molecular weight excluding hydrogens is 407 g/mol. The van der Waals surface area contributed by atoms with Gasteiger partial charge in [0, 0.05) is 16.8 Å². The molecule has 10 heteroatoms. The fourth-order valence-electron chi connectivity index (χ4n) is 2.85. The number of benzene rings is 2. The number of nitrogens with one attached hydrogen (secondary N) is 2. The second-order valence-corrected chi connectivity index (χ2v) is 6.47. The first-order valence-corrected chi connectivity index (χ1v) is 8.65. The van der Waals surface area contributed by atoms with E-state index in [0.29, 0.717) is 5.52 Å². The number of carbonyl (C=O) groups is 1. The van der Waals surface area contributed by atoms with Crippen molar-refractivity contribution in [3.63, 3.8) is 0 Å². The molecule has 0 saturated heterocycles. The molecule has 0 aliphatic heterocycles. The molecular formula is C19H11ClF3N5O. The summed E-state index contributed by atoms with van der Waals surface area (Å²) < 4.78 is 40.3. The predicted molar refractivity (Wildman–Crippen MR) is 102 cm³/mol. The Bertz CT molecular complexity index is 1210. The first kappa shape index (κ1) is 18.9. The van der Waals surface area contributed by atoms with Gasteiger partial charge in [-0.2, -0.15) is 18.3 Å². The lowest BCUT2D eigenvalue weighted by Crippen LogP contribution is -2.13. The summed E-state index contributed by atoms with van der Waals surface area (Å²) in [7, 11) is 0. The van der Waals surface area contributed by atoms with E-state index < -0.39 is 17.6 Å². The van der Waals surface area contributed by atoms with Gasteiger partial charge in [0.25, 0.3) is 5.91 Å². The van der Waals surface area contributed by atoms with E-state index in [0.717, 1.165) is 6.07 Å². The molecule has 1 amide bonds. The molecule has 4 aromatic rings. The number of H-pyrrole nitrogens is 1. The van der Waals surface area contributed by atoms with Crippen molar-refractivity contribution >= 4 is 34.4 Å². The van der Waals surface area contributed by atoms with E-state index in [1.807, 2.05) is 0 Å². The van der Waals surface area contributed by atoms with Crippen molar-refractivity contribution in [3.8, 4) is 11.4 Å². The number of imidazole rings is 1. The van der Waals surface area contributed by atoms with Crippen molar-refractivity contribution in [2.24, 2.45) is 0 Å². The predicted octanol–water partition coefficient (Wildman–Crippen LogP) is 4.94. The highest BCUT2D eigenvalue weighted by Gasteiger charge is 2.34. The maximum Gasteiger partial charge on any atom is 0.417 e. The Balaban J connectivity index is 1.79. The van der Waals surface area contributed by atoms with Crippen LogP contribution >= 0.6 is 11.6 Å². The first-order valence-electron chi connectivity index (χ1n) is 8.28. The number of fused-ring (bicyclic) bond motifs is 1. The number of halogens is 4. The number of carbonyl (C=O) groups excluding carboxylic acids is 1. The van der Waals surface area contributed by atoms with Gasteiger partial charge in [0.05, 0.1) is 16.6 Å². The van der Waals surface area contributed by atoms with E-state index in [1.165, 1.54) is 24.4 Å². The minimum Gasteiger partial charge on any atom is -0.338 e. The van der Waals surface area contributed by atoms with Crippen molar-refractivity contribution in [1.82, 2.24) is 20.2 Å². The molecule has 0 unspecified atom stereocenters. The number of anilines is 1. The molecule has 0 spiro atoms. The lowest BCUT2D eigenvalue weighted by Gasteiger charge is -2.11. The lowest BCUT2D eigenvalue weighted by molar-refractivity contribution is -0.137. The van der Waals surface area contributed by atoms with Crippen LogP contribution in [0, 0.1) is 0 Å². The van der Waals surface area contributed by atoms with Crippen molar-refractivity contribution in [2.45, 2.75) is 6.18 Å².